The zero-order chi connectivity index (χ0) is 21.9. The monoisotopic (exact) mass is 433 g/mol. The highest BCUT2D eigenvalue weighted by Crippen LogP contribution is 2.46. The number of fused-ring (bicyclic) bond motifs is 3. The first-order chi connectivity index (χ1) is 14.2. The number of aromatic nitrogens is 1. The molecule has 0 bridgehead atoms. The van der Waals surface area contributed by atoms with Crippen molar-refractivity contribution >= 4 is 23.5 Å². The van der Waals surface area contributed by atoms with Crippen molar-refractivity contribution in [2.24, 2.45) is 11.7 Å². The molecular weight excluding hydrogens is 406 g/mol. The van der Waals surface area contributed by atoms with E-state index in [0.29, 0.717) is 41.5 Å². The van der Waals surface area contributed by atoms with Crippen LogP contribution in [0.15, 0.2) is 24.4 Å². The van der Waals surface area contributed by atoms with Crippen LogP contribution in [0.1, 0.15) is 39.7 Å². The number of nitrogens with two attached hydrogens (primary N) is 1. The maximum atomic E-state index is 11.7. The van der Waals surface area contributed by atoms with E-state index in [1.54, 1.807) is 19.2 Å². The van der Waals surface area contributed by atoms with Gasteiger partial charge in [0.25, 0.3) is 0 Å². The smallest absolute Gasteiger partial charge is 0.412 e. The molecule has 30 heavy (non-hydrogen) atoms. The Balaban J connectivity index is 1.84. The number of rotatable bonds is 7. The Bertz CT molecular complexity index is 931. The van der Waals surface area contributed by atoms with Gasteiger partial charge >= 0.3 is 6.09 Å². The van der Waals surface area contributed by atoms with Crippen LogP contribution in [0.3, 0.4) is 0 Å². The van der Waals surface area contributed by atoms with Crippen molar-refractivity contribution in [1.82, 2.24) is 4.98 Å². The van der Waals surface area contributed by atoms with Crippen LogP contribution in [0.25, 0.3) is 11.1 Å². The standard InChI is InChI=1S/C22H28ClN3O4/c1-5-28-21(27)26-18-8-16-14(10-25-18)11-29-20-15(16)6-7-17(19(20)23)30-12-22(4,24)9-13(2)3/h6-8,10,13H,5,9,11-12,24H2,1-4H3,(H,25,26,27)/t22-/m0/s1. The zero-order valence-electron chi connectivity index (χ0n) is 17.8. The third kappa shape index (κ3) is 5.15. The van der Waals surface area contributed by atoms with Crippen molar-refractivity contribution in [2.45, 2.75) is 46.3 Å². The van der Waals surface area contributed by atoms with Gasteiger partial charge in [0.1, 0.15) is 35.6 Å². The van der Waals surface area contributed by atoms with Crippen LogP contribution in [-0.4, -0.2) is 29.8 Å². The number of hydrogen-bond donors (Lipinski definition) is 2. The predicted molar refractivity (Wildman–Crippen MR) is 117 cm³/mol. The summed E-state index contributed by atoms with van der Waals surface area (Å²) in [5, 5.41) is 3.02. The third-order valence-electron chi connectivity index (χ3n) is 4.65. The summed E-state index contributed by atoms with van der Waals surface area (Å²) < 4.78 is 16.7. The number of nitrogens with zero attached hydrogens (tertiary/aromatic N) is 1. The van der Waals surface area contributed by atoms with Gasteiger partial charge in [0.2, 0.25) is 0 Å². The first-order valence-electron chi connectivity index (χ1n) is 10.00. The quantitative estimate of drug-likeness (QED) is 0.637. The molecule has 1 aromatic heterocycles. The molecule has 3 rings (SSSR count). The second-order valence-corrected chi connectivity index (χ2v) is 8.53. The van der Waals surface area contributed by atoms with Gasteiger partial charge in [0.15, 0.2) is 0 Å². The fraction of sp³-hybridized carbons (Fsp3) is 0.455. The summed E-state index contributed by atoms with van der Waals surface area (Å²) in [6.07, 6.45) is 1.96. The summed E-state index contributed by atoms with van der Waals surface area (Å²) in [7, 11) is 0. The van der Waals surface area contributed by atoms with Gasteiger partial charge in [0, 0.05) is 22.9 Å². The Labute approximate surface area is 181 Å². The highest BCUT2D eigenvalue weighted by atomic mass is 35.5. The summed E-state index contributed by atoms with van der Waals surface area (Å²) in [5.41, 5.74) is 8.47. The van der Waals surface area contributed by atoms with Crippen molar-refractivity contribution < 1.29 is 19.0 Å². The van der Waals surface area contributed by atoms with Crippen LogP contribution in [-0.2, 0) is 11.3 Å². The Kier molecular flexibility index (Phi) is 6.73. The van der Waals surface area contributed by atoms with Gasteiger partial charge in [-0.25, -0.2) is 9.78 Å². The molecule has 0 spiro atoms. The van der Waals surface area contributed by atoms with E-state index in [-0.39, 0.29) is 6.61 Å². The number of pyridine rings is 1. The van der Waals surface area contributed by atoms with Crippen LogP contribution >= 0.6 is 11.6 Å². The number of hydrogen-bond acceptors (Lipinski definition) is 6. The van der Waals surface area contributed by atoms with E-state index in [4.69, 9.17) is 31.5 Å². The highest BCUT2D eigenvalue weighted by Gasteiger charge is 2.25. The van der Waals surface area contributed by atoms with E-state index < -0.39 is 11.6 Å². The first-order valence-corrected chi connectivity index (χ1v) is 10.4. The molecule has 162 valence electrons. The Morgan fingerprint density at radius 2 is 2.17 bits per heavy atom. The maximum Gasteiger partial charge on any atom is 0.412 e. The molecule has 1 amide bonds. The topological polar surface area (TPSA) is 95.7 Å². The molecule has 1 aromatic carbocycles. The number of nitrogens with one attached hydrogen (secondary N) is 1. The molecule has 1 atom stereocenters. The first kappa shape index (κ1) is 22.2. The molecule has 0 aliphatic carbocycles. The molecule has 3 N–H and O–H groups in total. The van der Waals surface area contributed by atoms with E-state index in [1.165, 1.54) is 0 Å². The molecule has 0 saturated heterocycles. The van der Waals surface area contributed by atoms with Gasteiger partial charge in [-0.1, -0.05) is 25.4 Å². The number of halogens is 1. The molecule has 1 aliphatic heterocycles. The molecule has 7 nitrogen and oxygen atoms in total. The molecule has 0 unspecified atom stereocenters. The van der Waals surface area contributed by atoms with Gasteiger partial charge in [-0.3, -0.25) is 5.32 Å². The van der Waals surface area contributed by atoms with Crippen LogP contribution < -0.4 is 20.5 Å². The fourth-order valence-corrected chi connectivity index (χ4v) is 3.85. The second kappa shape index (κ2) is 9.10. The van der Waals surface area contributed by atoms with E-state index in [1.807, 2.05) is 19.1 Å². The minimum atomic E-state index is -0.551. The lowest BCUT2D eigenvalue weighted by Crippen LogP contribution is -2.43. The van der Waals surface area contributed by atoms with Crippen LogP contribution in [0.4, 0.5) is 10.6 Å². The van der Waals surface area contributed by atoms with Crippen LogP contribution in [0.2, 0.25) is 5.02 Å². The number of carbonyl (C=O) groups excluding carboxylic acids is 1. The van der Waals surface area contributed by atoms with Crippen LogP contribution in [0, 0.1) is 5.92 Å². The van der Waals surface area contributed by atoms with Gasteiger partial charge in [-0.05, 0) is 49.9 Å². The summed E-state index contributed by atoms with van der Waals surface area (Å²) in [5.74, 6) is 1.92. The lowest BCUT2D eigenvalue weighted by Gasteiger charge is -2.28. The number of anilines is 1. The normalized spacial score (nSPS) is 14.2. The maximum absolute atomic E-state index is 11.7. The average Bonchev–Trinajstić information content (AvgIpc) is 2.66. The molecule has 0 fully saturated rings. The van der Waals surface area contributed by atoms with Crippen LogP contribution in [0.5, 0.6) is 11.5 Å². The summed E-state index contributed by atoms with van der Waals surface area (Å²) >= 11 is 6.60. The SMILES string of the molecule is CCOC(=O)Nc1cc2c(cn1)COc1c-2ccc(OC[C@@](C)(N)CC(C)C)c1Cl. The lowest BCUT2D eigenvalue weighted by molar-refractivity contribution is 0.168. The molecule has 1 aliphatic rings. The van der Waals surface area contributed by atoms with Gasteiger partial charge < -0.3 is 19.9 Å². The summed E-state index contributed by atoms with van der Waals surface area (Å²) in [6, 6.07) is 5.48. The number of ether oxygens (including phenoxy) is 3. The lowest BCUT2D eigenvalue weighted by atomic mass is 9.93. The van der Waals surface area contributed by atoms with E-state index >= 15 is 0 Å². The van der Waals surface area contributed by atoms with Gasteiger partial charge in [-0.2, -0.15) is 0 Å². The molecule has 0 saturated carbocycles. The minimum Gasteiger partial charge on any atom is -0.490 e. The van der Waals surface area contributed by atoms with Gasteiger partial charge in [-0.15, -0.1) is 0 Å². The Morgan fingerprint density at radius 1 is 1.40 bits per heavy atom. The number of benzene rings is 1. The molecule has 0 radical (unpaired) electrons. The average molecular weight is 434 g/mol. The Morgan fingerprint density at radius 3 is 2.87 bits per heavy atom. The van der Waals surface area contributed by atoms with Gasteiger partial charge in [0.05, 0.1) is 6.61 Å². The summed E-state index contributed by atoms with van der Waals surface area (Å²) in [6.45, 7) is 8.91. The van der Waals surface area contributed by atoms with Crippen molar-refractivity contribution in [3.05, 3.63) is 35.0 Å². The van der Waals surface area contributed by atoms with E-state index in [0.717, 1.165) is 23.1 Å². The zero-order valence-corrected chi connectivity index (χ0v) is 18.5. The Hall–Kier alpha value is -2.51. The summed E-state index contributed by atoms with van der Waals surface area (Å²) in [4.78, 5) is 15.9. The highest BCUT2D eigenvalue weighted by molar-refractivity contribution is 6.34. The van der Waals surface area contributed by atoms with E-state index in [2.05, 4.69) is 24.1 Å². The second-order valence-electron chi connectivity index (χ2n) is 8.16. The van der Waals surface area contributed by atoms with Crippen molar-refractivity contribution in [3.8, 4) is 22.6 Å². The van der Waals surface area contributed by atoms with Crippen molar-refractivity contribution in [2.75, 3.05) is 18.5 Å². The molecule has 2 heterocycles. The minimum absolute atomic E-state index is 0.283. The van der Waals surface area contributed by atoms with E-state index in [9.17, 15) is 4.79 Å². The molecule has 2 aromatic rings. The largest absolute Gasteiger partial charge is 0.490 e. The molecular formula is C22H28ClN3O4. The predicted octanol–water partition coefficient (Wildman–Crippen LogP) is 5.01. The van der Waals surface area contributed by atoms with Crippen molar-refractivity contribution in [1.29, 1.82) is 0 Å². The fourth-order valence-electron chi connectivity index (χ4n) is 3.58. The number of carbonyl (C=O) groups is 1. The molecule has 8 heteroatoms. The number of amides is 1. The van der Waals surface area contributed by atoms with Crippen molar-refractivity contribution in [3.63, 3.8) is 0 Å². The third-order valence-corrected chi connectivity index (χ3v) is 5.01.